The van der Waals surface area contributed by atoms with E-state index in [1.807, 2.05) is 0 Å². The maximum Gasteiger partial charge on any atom is 0.359 e. The van der Waals surface area contributed by atoms with E-state index in [0.717, 1.165) is 12.8 Å². The van der Waals surface area contributed by atoms with E-state index in [9.17, 15) is 4.79 Å². The zero-order chi connectivity index (χ0) is 10.8. The number of aromatic nitrogens is 1. The van der Waals surface area contributed by atoms with Crippen LogP contribution in [-0.2, 0) is 4.74 Å². The second-order valence-corrected chi connectivity index (χ2v) is 4.19. The van der Waals surface area contributed by atoms with Gasteiger partial charge in [0.1, 0.15) is 0 Å². The lowest BCUT2D eigenvalue weighted by atomic mass is 9.97. The minimum atomic E-state index is -1.08. The van der Waals surface area contributed by atoms with E-state index in [-0.39, 0.29) is 11.6 Å². The maximum atomic E-state index is 10.7. The summed E-state index contributed by atoms with van der Waals surface area (Å²) in [6.45, 7) is 1.36. The molecule has 5 nitrogen and oxygen atoms in total. The van der Waals surface area contributed by atoms with Crippen molar-refractivity contribution in [2.75, 3.05) is 13.2 Å². The van der Waals surface area contributed by atoms with Gasteiger partial charge in [0.15, 0.2) is 5.76 Å². The van der Waals surface area contributed by atoms with Gasteiger partial charge in [0, 0.05) is 19.1 Å². The summed E-state index contributed by atoms with van der Waals surface area (Å²) in [4.78, 5) is 10.7. The van der Waals surface area contributed by atoms with Crippen LogP contribution in [0.1, 0.15) is 35.0 Å². The molecule has 0 bridgehead atoms. The summed E-state index contributed by atoms with van der Waals surface area (Å²) in [7, 11) is 0. The van der Waals surface area contributed by atoms with Crippen LogP contribution in [0, 0.1) is 0 Å². The van der Waals surface area contributed by atoms with Crippen LogP contribution in [0.3, 0.4) is 0 Å². The van der Waals surface area contributed by atoms with E-state index in [1.165, 1.54) is 0 Å². The summed E-state index contributed by atoms with van der Waals surface area (Å²) >= 11 is 3.21. The highest BCUT2D eigenvalue weighted by atomic mass is 79.9. The zero-order valence-electron chi connectivity index (χ0n) is 7.90. The highest BCUT2D eigenvalue weighted by molar-refractivity contribution is 9.10. The lowest BCUT2D eigenvalue weighted by molar-refractivity contribution is 0.0683. The van der Waals surface area contributed by atoms with Crippen LogP contribution in [0.25, 0.3) is 0 Å². The van der Waals surface area contributed by atoms with Gasteiger partial charge in [0.2, 0.25) is 5.69 Å². The standard InChI is InChI=1S/C9H10BrNO4/c10-6-7(9(12)13)11-15-8(6)5-1-3-14-4-2-5/h5H,1-4H2,(H,12,13). The fourth-order valence-corrected chi connectivity index (χ4v) is 2.28. The fraction of sp³-hybridized carbons (Fsp3) is 0.556. The topological polar surface area (TPSA) is 72.6 Å². The predicted molar refractivity (Wildman–Crippen MR) is 54.0 cm³/mol. The zero-order valence-corrected chi connectivity index (χ0v) is 9.49. The van der Waals surface area contributed by atoms with Gasteiger partial charge in [-0.1, -0.05) is 5.16 Å². The summed E-state index contributed by atoms with van der Waals surface area (Å²) in [5.74, 6) is -0.256. The summed E-state index contributed by atoms with van der Waals surface area (Å²) in [6.07, 6.45) is 1.68. The molecule has 0 amide bonds. The van der Waals surface area contributed by atoms with E-state index < -0.39 is 5.97 Å². The predicted octanol–water partition coefficient (Wildman–Crippen LogP) is 2.03. The first kappa shape index (κ1) is 10.6. The van der Waals surface area contributed by atoms with E-state index >= 15 is 0 Å². The van der Waals surface area contributed by atoms with Crippen LogP contribution >= 0.6 is 15.9 Å². The van der Waals surface area contributed by atoms with Crippen molar-refractivity contribution >= 4 is 21.9 Å². The molecule has 1 aliphatic heterocycles. The minimum Gasteiger partial charge on any atom is -0.476 e. The molecule has 15 heavy (non-hydrogen) atoms. The van der Waals surface area contributed by atoms with Crippen molar-refractivity contribution in [2.24, 2.45) is 0 Å². The third kappa shape index (κ3) is 2.05. The molecule has 1 aliphatic rings. The monoisotopic (exact) mass is 275 g/mol. The Hall–Kier alpha value is -0.880. The molecule has 0 saturated carbocycles. The molecule has 1 saturated heterocycles. The Bertz CT molecular complexity index is 370. The van der Waals surface area contributed by atoms with E-state index in [0.29, 0.717) is 23.4 Å². The summed E-state index contributed by atoms with van der Waals surface area (Å²) in [5.41, 5.74) is -0.0588. The van der Waals surface area contributed by atoms with Gasteiger partial charge in [-0.2, -0.15) is 0 Å². The minimum absolute atomic E-state index is 0.0588. The van der Waals surface area contributed by atoms with Crippen molar-refractivity contribution in [3.8, 4) is 0 Å². The fourth-order valence-electron chi connectivity index (χ4n) is 1.64. The number of ether oxygens (including phenoxy) is 1. The molecular weight excluding hydrogens is 266 g/mol. The Labute approximate surface area is 94.5 Å². The Kier molecular flexibility index (Phi) is 3.06. The van der Waals surface area contributed by atoms with E-state index in [2.05, 4.69) is 21.1 Å². The van der Waals surface area contributed by atoms with E-state index in [1.54, 1.807) is 0 Å². The highest BCUT2D eigenvalue weighted by Gasteiger charge is 2.27. The summed E-state index contributed by atoms with van der Waals surface area (Å²) in [5, 5.41) is 12.3. The summed E-state index contributed by atoms with van der Waals surface area (Å²) < 4.78 is 10.7. The highest BCUT2D eigenvalue weighted by Crippen LogP contribution is 2.34. The van der Waals surface area contributed by atoms with Crippen LogP contribution in [0.2, 0.25) is 0 Å². The first-order chi connectivity index (χ1) is 7.20. The summed E-state index contributed by atoms with van der Waals surface area (Å²) in [6, 6.07) is 0. The average molecular weight is 276 g/mol. The third-order valence-corrected chi connectivity index (χ3v) is 3.22. The normalized spacial score (nSPS) is 17.9. The van der Waals surface area contributed by atoms with Crippen LogP contribution in [-0.4, -0.2) is 29.4 Å². The number of hydrogen-bond acceptors (Lipinski definition) is 4. The quantitative estimate of drug-likeness (QED) is 0.894. The van der Waals surface area contributed by atoms with Gasteiger partial charge < -0.3 is 14.4 Å². The lowest BCUT2D eigenvalue weighted by Crippen LogP contribution is -2.14. The average Bonchev–Trinajstić information content (AvgIpc) is 2.61. The van der Waals surface area contributed by atoms with Gasteiger partial charge in [0.25, 0.3) is 0 Å². The number of carbonyl (C=O) groups is 1. The Morgan fingerprint density at radius 2 is 2.13 bits per heavy atom. The number of carboxylic acid groups (broad SMARTS) is 1. The first-order valence-electron chi connectivity index (χ1n) is 4.66. The molecule has 82 valence electrons. The smallest absolute Gasteiger partial charge is 0.359 e. The van der Waals surface area contributed by atoms with Crippen molar-refractivity contribution in [1.29, 1.82) is 0 Å². The molecule has 0 radical (unpaired) electrons. The molecule has 0 aromatic carbocycles. The molecule has 1 N–H and O–H groups in total. The Morgan fingerprint density at radius 3 is 2.67 bits per heavy atom. The van der Waals surface area contributed by atoms with Gasteiger partial charge >= 0.3 is 5.97 Å². The van der Waals surface area contributed by atoms with Crippen LogP contribution in [0.4, 0.5) is 0 Å². The molecule has 0 spiro atoms. The number of rotatable bonds is 2. The molecule has 0 unspecified atom stereocenters. The van der Waals surface area contributed by atoms with Crippen molar-refractivity contribution in [3.05, 3.63) is 15.9 Å². The second kappa shape index (κ2) is 4.32. The molecule has 1 fully saturated rings. The molecule has 6 heteroatoms. The van der Waals surface area contributed by atoms with E-state index in [4.69, 9.17) is 14.4 Å². The number of aromatic carboxylic acids is 1. The number of nitrogens with zero attached hydrogens (tertiary/aromatic N) is 1. The van der Waals surface area contributed by atoms with Crippen LogP contribution in [0.15, 0.2) is 9.00 Å². The van der Waals surface area contributed by atoms with Gasteiger partial charge in [-0.15, -0.1) is 0 Å². The second-order valence-electron chi connectivity index (χ2n) is 3.40. The third-order valence-electron chi connectivity index (χ3n) is 2.45. The SMILES string of the molecule is O=C(O)c1noc(C2CCOCC2)c1Br. The maximum absolute atomic E-state index is 10.7. The Morgan fingerprint density at radius 1 is 1.47 bits per heavy atom. The number of halogens is 1. The number of hydrogen-bond donors (Lipinski definition) is 1. The van der Waals surface area contributed by atoms with Gasteiger partial charge in [-0.05, 0) is 28.8 Å². The van der Waals surface area contributed by atoms with Gasteiger partial charge in [0.05, 0.1) is 4.47 Å². The molecule has 1 aromatic rings. The van der Waals surface area contributed by atoms with Gasteiger partial charge in [-0.25, -0.2) is 4.79 Å². The molecule has 0 aliphatic carbocycles. The molecule has 0 atom stereocenters. The van der Waals surface area contributed by atoms with Crippen LogP contribution in [0.5, 0.6) is 0 Å². The van der Waals surface area contributed by atoms with Crippen molar-refractivity contribution in [1.82, 2.24) is 5.16 Å². The molecule has 1 aromatic heterocycles. The first-order valence-corrected chi connectivity index (χ1v) is 5.45. The van der Waals surface area contributed by atoms with Crippen molar-refractivity contribution in [2.45, 2.75) is 18.8 Å². The lowest BCUT2D eigenvalue weighted by Gasteiger charge is -2.19. The number of carboxylic acids is 1. The van der Waals surface area contributed by atoms with Crippen molar-refractivity contribution < 1.29 is 19.2 Å². The molecule has 2 rings (SSSR count). The molecular formula is C9H10BrNO4. The largest absolute Gasteiger partial charge is 0.476 e. The molecule has 2 heterocycles. The van der Waals surface area contributed by atoms with Gasteiger partial charge in [-0.3, -0.25) is 0 Å². The van der Waals surface area contributed by atoms with Crippen LogP contribution < -0.4 is 0 Å². The van der Waals surface area contributed by atoms with Crippen molar-refractivity contribution in [3.63, 3.8) is 0 Å². The Balaban J connectivity index is 2.24.